The van der Waals surface area contributed by atoms with Crippen molar-refractivity contribution < 1.29 is 0 Å². The zero-order valence-electron chi connectivity index (χ0n) is 11.4. The Labute approximate surface area is 95.5 Å². The molecule has 1 nitrogen and oxygen atoms in total. The largest absolute Gasteiger partial charge is 0.298 e. The first kappa shape index (κ1) is 12.8. The normalized spacial score (nSPS) is 21.1. The summed E-state index contributed by atoms with van der Waals surface area (Å²) in [5, 5.41) is 0. The summed E-state index contributed by atoms with van der Waals surface area (Å²) in [4.78, 5) is 2.60. The molecule has 0 N–H and O–H groups in total. The predicted octanol–water partition coefficient (Wildman–Crippen LogP) is 3.85. The Bertz CT molecular complexity index is 237. The van der Waals surface area contributed by atoms with Crippen molar-refractivity contribution in [3.8, 4) is 0 Å². The maximum Gasteiger partial charge on any atom is 0.0125 e. The average Bonchev–Trinajstić information content (AvgIpc) is 2.24. The molecule has 0 aromatic carbocycles. The molecule has 0 aliphatic carbocycles. The molecule has 1 heterocycles. The molecule has 0 aromatic heterocycles. The van der Waals surface area contributed by atoms with Crippen LogP contribution in [0.4, 0.5) is 0 Å². The standard InChI is InChI=1S/C14H27N/c1-13(2,3)12-8-7-10-15(11-9-12)14(4,5)6/h8H,7,9-11H2,1-6H3. The summed E-state index contributed by atoms with van der Waals surface area (Å²) in [6, 6.07) is 0. The van der Waals surface area contributed by atoms with Crippen LogP contribution in [0.1, 0.15) is 54.4 Å². The number of hydrogen-bond acceptors (Lipinski definition) is 1. The van der Waals surface area contributed by atoms with Crippen molar-refractivity contribution in [1.82, 2.24) is 4.90 Å². The molecule has 0 atom stereocenters. The van der Waals surface area contributed by atoms with Crippen LogP contribution in [0, 0.1) is 5.41 Å². The third-order valence-electron chi connectivity index (χ3n) is 3.35. The second-order valence-corrected chi connectivity index (χ2v) is 6.68. The Morgan fingerprint density at radius 2 is 1.60 bits per heavy atom. The van der Waals surface area contributed by atoms with Gasteiger partial charge in [-0.1, -0.05) is 32.4 Å². The molecule has 1 heteroatoms. The van der Waals surface area contributed by atoms with Gasteiger partial charge >= 0.3 is 0 Å². The molecule has 15 heavy (non-hydrogen) atoms. The lowest BCUT2D eigenvalue weighted by molar-refractivity contribution is 0.143. The van der Waals surface area contributed by atoms with Gasteiger partial charge in [0.1, 0.15) is 0 Å². The smallest absolute Gasteiger partial charge is 0.0125 e. The van der Waals surface area contributed by atoms with E-state index in [1.54, 1.807) is 5.57 Å². The first-order valence-electron chi connectivity index (χ1n) is 6.16. The van der Waals surface area contributed by atoms with Crippen molar-refractivity contribution in [2.45, 2.75) is 59.9 Å². The van der Waals surface area contributed by atoms with Crippen LogP contribution in [0.5, 0.6) is 0 Å². The predicted molar refractivity (Wildman–Crippen MR) is 68.1 cm³/mol. The van der Waals surface area contributed by atoms with E-state index in [4.69, 9.17) is 0 Å². The highest BCUT2D eigenvalue weighted by Gasteiger charge is 2.25. The fourth-order valence-corrected chi connectivity index (χ4v) is 2.22. The molecule has 0 spiro atoms. The topological polar surface area (TPSA) is 3.24 Å². The summed E-state index contributed by atoms with van der Waals surface area (Å²) in [6.45, 7) is 16.3. The second-order valence-electron chi connectivity index (χ2n) is 6.68. The van der Waals surface area contributed by atoms with Gasteiger partial charge < -0.3 is 0 Å². The monoisotopic (exact) mass is 209 g/mol. The Balaban J connectivity index is 2.65. The van der Waals surface area contributed by atoms with Crippen LogP contribution in [0.15, 0.2) is 11.6 Å². The minimum absolute atomic E-state index is 0.321. The van der Waals surface area contributed by atoms with Gasteiger partial charge in [0.25, 0.3) is 0 Å². The van der Waals surface area contributed by atoms with Crippen molar-refractivity contribution in [2.24, 2.45) is 5.41 Å². The van der Waals surface area contributed by atoms with Gasteiger partial charge in [0.15, 0.2) is 0 Å². The van der Waals surface area contributed by atoms with Crippen LogP contribution < -0.4 is 0 Å². The average molecular weight is 209 g/mol. The maximum absolute atomic E-state index is 2.60. The summed E-state index contributed by atoms with van der Waals surface area (Å²) in [5.74, 6) is 0. The Hall–Kier alpha value is -0.300. The van der Waals surface area contributed by atoms with Crippen LogP contribution in [0.25, 0.3) is 0 Å². The fourth-order valence-electron chi connectivity index (χ4n) is 2.22. The van der Waals surface area contributed by atoms with Gasteiger partial charge in [-0.3, -0.25) is 4.90 Å². The summed E-state index contributed by atoms with van der Waals surface area (Å²) in [6.07, 6.45) is 4.91. The molecular formula is C14H27N. The molecule has 0 radical (unpaired) electrons. The zero-order valence-corrected chi connectivity index (χ0v) is 11.4. The van der Waals surface area contributed by atoms with E-state index in [1.165, 1.54) is 25.9 Å². The third-order valence-corrected chi connectivity index (χ3v) is 3.35. The van der Waals surface area contributed by atoms with Gasteiger partial charge in [-0.25, -0.2) is 0 Å². The molecule has 1 rings (SSSR count). The van der Waals surface area contributed by atoms with Gasteiger partial charge in [0, 0.05) is 18.6 Å². The van der Waals surface area contributed by atoms with Crippen LogP contribution in [-0.2, 0) is 0 Å². The van der Waals surface area contributed by atoms with Crippen LogP contribution in [-0.4, -0.2) is 23.5 Å². The Kier molecular flexibility index (Phi) is 3.65. The highest BCUT2D eigenvalue weighted by molar-refractivity contribution is 5.13. The third kappa shape index (κ3) is 3.64. The molecule has 0 unspecified atom stereocenters. The maximum atomic E-state index is 2.60. The molecule has 0 saturated heterocycles. The molecule has 0 aromatic rings. The molecule has 0 saturated carbocycles. The van der Waals surface area contributed by atoms with Gasteiger partial charge in [-0.2, -0.15) is 0 Å². The summed E-state index contributed by atoms with van der Waals surface area (Å²) in [5.41, 5.74) is 2.31. The van der Waals surface area contributed by atoms with E-state index in [1.807, 2.05) is 0 Å². The van der Waals surface area contributed by atoms with Crippen molar-refractivity contribution in [1.29, 1.82) is 0 Å². The molecular weight excluding hydrogens is 182 g/mol. The van der Waals surface area contributed by atoms with E-state index in [0.717, 1.165) is 0 Å². The highest BCUT2D eigenvalue weighted by Crippen LogP contribution is 2.31. The Morgan fingerprint density at radius 1 is 1.00 bits per heavy atom. The quantitative estimate of drug-likeness (QED) is 0.548. The minimum atomic E-state index is 0.321. The lowest BCUT2D eigenvalue weighted by Crippen LogP contribution is -2.42. The van der Waals surface area contributed by atoms with Crippen molar-refractivity contribution in [2.75, 3.05) is 13.1 Å². The minimum Gasteiger partial charge on any atom is -0.298 e. The van der Waals surface area contributed by atoms with E-state index < -0.39 is 0 Å². The van der Waals surface area contributed by atoms with Crippen LogP contribution in [0.3, 0.4) is 0 Å². The van der Waals surface area contributed by atoms with Gasteiger partial charge in [-0.05, 0) is 39.0 Å². The van der Waals surface area contributed by atoms with E-state index in [0.29, 0.717) is 11.0 Å². The van der Waals surface area contributed by atoms with Gasteiger partial charge in [0.05, 0.1) is 0 Å². The number of rotatable bonds is 0. The first-order valence-corrected chi connectivity index (χ1v) is 6.16. The summed E-state index contributed by atoms with van der Waals surface area (Å²) >= 11 is 0. The van der Waals surface area contributed by atoms with E-state index in [2.05, 4.69) is 52.5 Å². The van der Waals surface area contributed by atoms with E-state index in [9.17, 15) is 0 Å². The van der Waals surface area contributed by atoms with E-state index >= 15 is 0 Å². The van der Waals surface area contributed by atoms with Crippen LogP contribution >= 0.6 is 0 Å². The lowest BCUT2D eigenvalue weighted by Gasteiger charge is -2.35. The van der Waals surface area contributed by atoms with Gasteiger partial charge in [0.2, 0.25) is 0 Å². The lowest BCUT2D eigenvalue weighted by atomic mass is 9.84. The van der Waals surface area contributed by atoms with E-state index in [-0.39, 0.29) is 0 Å². The van der Waals surface area contributed by atoms with Crippen molar-refractivity contribution in [3.63, 3.8) is 0 Å². The second kappa shape index (κ2) is 4.29. The molecule has 0 fully saturated rings. The number of hydrogen-bond donors (Lipinski definition) is 0. The highest BCUT2D eigenvalue weighted by atomic mass is 15.2. The number of nitrogens with zero attached hydrogens (tertiary/aromatic N) is 1. The zero-order chi connectivity index (χ0) is 11.7. The first-order chi connectivity index (χ1) is 6.71. The van der Waals surface area contributed by atoms with Crippen LogP contribution in [0.2, 0.25) is 0 Å². The Morgan fingerprint density at radius 3 is 2.07 bits per heavy atom. The molecule has 88 valence electrons. The fraction of sp³-hybridized carbons (Fsp3) is 0.857. The van der Waals surface area contributed by atoms with Gasteiger partial charge in [-0.15, -0.1) is 0 Å². The molecule has 0 bridgehead atoms. The van der Waals surface area contributed by atoms with Crippen molar-refractivity contribution in [3.05, 3.63) is 11.6 Å². The molecule has 0 amide bonds. The molecule has 1 aliphatic rings. The SMILES string of the molecule is CC(C)(C)C1=CCCN(C(C)(C)C)CC1. The summed E-state index contributed by atoms with van der Waals surface area (Å²) in [7, 11) is 0. The summed E-state index contributed by atoms with van der Waals surface area (Å²) < 4.78 is 0. The van der Waals surface area contributed by atoms with Crippen molar-refractivity contribution >= 4 is 0 Å². The molecule has 1 aliphatic heterocycles.